The van der Waals surface area contributed by atoms with Crippen LogP contribution in [0.15, 0.2) is 54.6 Å². The Morgan fingerprint density at radius 2 is 1.71 bits per heavy atom. The molecule has 3 aromatic carbocycles. The van der Waals surface area contributed by atoms with Gasteiger partial charge in [0.2, 0.25) is 5.91 Å². The van der Waals surface area contributed by atoms with Gasteiger partial charge in [0, 0.05) is 29.8 Å². The monoisotopic (exact) mass is 460 g/mol. The number of ether oxygens (including phenoxy) is 3. The molecule has 34 heavy (non-hydrogen) atoms. The van der Waals surface area contributed by atoms with Gasteiger partial charge in [-0.3, -0.25) is 14.5 Å². The van der Waals surface area contributed by atoms with E-state index in [0.717, 1.165) is 36.5 Å². The van der Waals surface area contributed by atoms with Crippen molar-refractivity contribution >= 4 is 28.3 Å². The lowest BCUT2D eigenvalue weighted by atomic mass is 9.95. The molecule has 1 unspecified atom stereocenters. The van der Waals surface area contributed by atoms with Gasteiger partial charge in [-0.15, -0.1) is 0 Å². The van der Waals surface area contributed by atoms with E-state index in [4.69, 9.17) is 14.2 Å². The predicted octanol–water partition coefficient (Wildman–Crippen LogP) is 4.38. The van der Waals surface area contributed by atoms with Crippen LogP contribution in [0.4, 0.5) is 5.69 Å². The molecule has 0 spiro atoms. The number of anilines is 1. The van der Waals surface area contributed by atoms with Crippen LogP contribution in [-0.2, 0) is 9.59 Å². The first-order valence-electron chi connectivity index (χ1n) is 11.6. The summed E-state index contributed by atoms with van der Waals surface area (Å²) in [5.41, 5.74) is 1.19. The van der Waals surface area contributed by atoms with E-state index in [2.05, 4.69) is 5.32 Å². The van der Waals surface area contributed by atoms with Crippen LogP contribution < -0.4 is 24.4 Å². The predicted molar refractivity (Wildman–Crippen MR) is 130 cm³/mol. The van der Waals surface area contributed by atoms with Crippen molar-refractivity contribution in [2.24, 2.45) is 0 Å². The summed E-state index contributed by atoms with van der Waals surface area (Å²) < 4.78 is 16.8. The third-order valence-electron chi connectivity index (χ3n) is 6.65. The first-order valence-corrected chi connectivity index (χ1v) is 11.6. The summed E-state index contributed by atoms with van der Waals surface area (Å²) in [4.78, 5) is 29.0. The van der Waals surface area contributed by atoms with E-state index >= 15 is 0 Å². The summed E-state index contributed by atoms with van der Waals surface area (Å²) >= 11 is 0. The van der Waals surface area contributed by atoms with Crippen molar-refractivity contribution in [1.82, 2.24) is 5.32 Å². The maximum Gasteiger partial charge on any atom is 0.265 e. The molecule has 1 atom stereocenters. The molecular formula is C27H28N2O5. The van der Waals surface area contributed by atoms with Crippen molar-refractivity contribution < 1.29 is 23.8 Å². The number of carbonyl (C=O) groups excluding carboxylic acids is 2. The van der Waals surface area contributed by atoms with Crippen LogP contribution in [0.25, 0.3) is 10.8 Å². The summed E-state index contributed by atoms with van der Waals surface area (Å²) in [6.07, 6.45) is 4.07. The minimum Gasteiger partial charge on any atom is -0.497 e. The summed E-state index contributed by atoms with van der Waals surface area (Å²) in [5.74, 6) is 1.06. The quantitative estimate of drug-likeness (QED) is 0.611. The van der Waals surface area contributed by atoms with Crippen molar-refractivity contribution in [3.05, 3.63) is 60.2 Å². The van der Waals surface area contributed by atoms with Gasteiger partial charge in [0.1, 0.15) is 23.3 Å². The number of rotatable bonds is 5. The standard InChI is InChI=1S/C27H28N2O5/c1-32-20-13-19(14-21(15-20)33-2)29-24(30)16-34-23-12-11-17-7-3-6-10-22(17)25(23)26(29)27(31)28-18-8-4-5-9-18/h3,6-7,10-15,18,26H,4-5,8-9,16H2,1-2H3,(H,28,31). The van der Waals surface area contributed by atoms with Crippen LogP contribution in [0, 0.1) is 0 Å². The SMILES string of the molecule is COc1cc(OC)cc(N2C(=O)COc3ccc4ccccc4c3C2C(=O)NC2CCCC2)c1. The minimum absolute atomic E-state index is 0.104. The molecule has 0 radical (unpaired) electrons. The van der Waals surface area contributed by atoms with Crippen LogP contribution >= 0.6 is 0 Å². The second kappa shape index (κ2) is 9.25. The maximum atomic E-state index is 13.9. The molecule has 7 nitrogen and oxygen atoms in total. The first kappa shape index (κ1) is 22.1. The number of benzene rings is 3. The highest BCUT2D eigenvalue weighted by Crippen LogP contribution is 2.42. The van der Waals surface area contributed by atoms with Crippen LogP contribution in [0.1, 0.15) is 37.3 Å². The normalized spacial score (nSPS) is 18.2. The average Bonchev–Trinajstić information content (AvgIpc) is 3.32. The van der Waals surface area contributed by atoms with Crippen LogP contribution in [0.2, 0.25) is 0 Å². The lowest BCUT2D eigenvalue weighted by Gasteiger charge is -2.31. The van der Waals surface area contributed by atoms with Gasteiger partial charge in [-0.2, -0.15) is 0 Å². The number of nitrogens with one attached hydrogen (secondary N) is 1. The van der Waals surface area contributed by atoms with Crippen molar-refractivity contribution in [2.75, 3.05) is 25.7 Å². The summed E-state index contributed by atoms with van der Waals surface area (Å²) in [6.45, 7) is -0.182. The van der Waals surface area contributed by atoms with Gasteiger partial charge in [0.15, 0.2) is 6.61 Å². The number of nitrogens with zero attached hydrogens (tertiary/aromatic N) is 1. The number of fused-ring (bicyclic) bond motifs is 3. The van der Waals surface area contributed by atoms with Crippen molar-refractivity contribution in [2.45, 2.75) is 37.8 Å². The van der Waals surface area contributed by atoms with Crippen molar-refractivity contribution in [3.63, 3.8) is 0 Å². The third kappa shape index (κ3) is 4.02. The first-order chi connectivity index (χ1) is 16.6. The minimum atomic E-state index is -0.909. The fourth-order valence-electron chi connectivity index (χ4n) is 4.99. The molecule has 1 saturated carbocycles. The van der Waals surface area contributed by atoms with Gasteiger partial charge >= 0.3 is 0 Å². The van der Waals surface area contributed by atoms with E-state index < -0.39 is 6.04 Å². The summed E-state index contributed by atoms with van der Waals surface area (Å²) in [5, 5.41) is 5.06. The van der Waals surface area contributed by atoms with Gasteiger partial charge in [0.05, 0.1) is 19.9 Å². The Morgan fingerprint density at radius 3 is 2.41 bits per heavy atom. The molecule has 0 saturated heterocycles. The summed E-state index contributed by atoms with van der Waals surface area (Å²) in [6, 6.07) is 16.1. The zero-order valence-electron chi connectivity index (χ0n) is 19.4. The largest absolute Gasteiger partial charge is 0.497 e. The highest BCUT2D eigenvalue weighted by molar-refractivity contribution is 6.06. The molecule has 0 aromatic heterocycles. The fraction of sp³-hybridized carbons (Fsp3) is 0.333. The molecule has 0 bridgehead atoms. The van der Waals surface area contributed by atoms with Crippen LogP contribution in [0.3, 0.4) is 0 Å². The number of hydrogen-bond acceptors (Lipinski definition) is 5. The lowest BCUT2D eigenvalue weighted by Crippen LogP contribution is -2.46. The molecule has 1 N–H and O–H groups in total. The molecule has 1 aliphatic carbocycles. The molecule has 176 valence electrons. The molecule has 2 amide bonds. The van der Waals surface area contributed by atoms with Crippen molar-refractivity contribution in [1.29, 1.82) is 0 Å². The highest BCUT2D eigenvalue weighted by atomic mass is 16.5. The van der Waals surface area contributed by atoms with Gasteiger partial charge < -0.3 is 19.5 Å². The lowest BCUT2D eigenvalue weighted by molar-refractivity contribution is -0.127. The molecule has 1 aliphatic heterocycles. The Hall–Kier alpha value is -3.74. The van der Waals surface area contributed by atoms with E-state index in [0.29, 0.717) is 28.5 Å². The zero-order valence-corrected chi connectivity index (χ0v) is 19.4. The molecular weight excluding hydrogens is 432 g/mol. The Morgan fingerprint density at radius 1 is 1.00 bits per heavy atom. The number of amides is 2. The number of carbonyl (C=O) groups is 2. The molecule has 1 fully saturated rings. The second-order valence-electron chi connectivity index (χ2n) is 8.71. The average molecular weight is 461 g/mol. The molecule has 5 rings (SSSR count). The van der Waals surface area contributed by atoms with Gasteiger partial charge in [-0.05, 0) is 29.7 Å². The second-order valence-corrected chi connectivity index (χ2v) is 8.71. The Labute approximate surface area is 198 Å². The van der Waals surface area contributed by atoms with E-state index in [1.54, 1.807) is 32.4 Å². The fourth-order valence-corrected chi connectivity index (χ4v) is 4.99. The van der Waals surface area contributed by atoms with E-state index in [1.807, 2.05) is 36.4 Å². The Kier molecular flexibility index (Phi) is 6.01. The van der Waals surface area contributed by atoms with E-state index in [-0.39, 0.29) is 24.5 Å². The number of methoxy groups -OCH3 is 2. The maximum absolute atomic E-state index is 13.9. The molecule has 1 heterocycles. The number of hydrogen-bond donors (Lipinski definition) is 1. The van der Waals surface area contributed by atoms with Crippen LogP contribution in [-0.4, -0.2) is 38.7 Å². The smallest absolute Gasteiger partial charge is 0.265 e. The molecule has 7 heteroatoms. The highest BCUT2D eigenvalue weighted by Gasteiger charge is 2.39. The van der Waals surface area contributed by atoms with Crippen LogP contribution in [0.5, 0.6) is 17.2 Å². The zero-order chi connectivity index (χ0) is 23.7. The molecule has 2 aliphatic rings. The Bertz CT molecular complexity index is 1210. The van der Waals surface area contributed by atoms with E-state index in [1.165, 1.54) is 4.90 Å². The van der Waals surface area contributed by atoms with E-state index in [9.17, 15) is 9.59 Å². The Balaban J connectivity index is 1.71. The topological polar surface area (TPSA) is 77.1 Å². The third-order valence-corrected chi connectivity index (χ3v) is 6.65. The van der Waals surface area contributed by atoms with Gasteiger partial charge in [-0.1, -0.05) is 43.2 Å². The summed E-state index contributed by atoms with van der Waals surface area (Å²) in [7, 11) is 3.11. The molecule has 3 aromatic rings. The van der Waals surface area contributed by atoms with Gasteiger partial charge in [0.25, 0.3) is 5.91 Å². The van der Waals surface area contributed by atoms with Crippen molar-refractivity contribution in [3.8, 4) is 17.2 Å². The van der Waals surface area contributed by atoms with Gasteiger partial charge in [-0.25, -0.2) is 0 Å².